The maximum absolute atomic E-state index is 12.5. The summed E-state index contributed by atoms with van der Waals surface area (Å²) in [7, 11) is 0. The van der Waals surface area contributed by atoms with Crippen molar-refractivity contribution in [1.82, 2.24) is 15.1 Å². The Morgan fingerprint density at radius 2 is 1.92 bits per heavy atom. The third-order valence-electron chi connectivity index (χ3n) is 5.36. The van der Waals surface area contributed by atoms with Crippen molar-refractivity contribution < 1.29 is 9.59 Å². The molecule has 2 heterocycles. The van der Waals surface area contributed by atoms with E-state index in [9.17, 15) is 9.59 Å². The van der Waals surface area contributed by atoms with Gasteiger partial charge in [-0.25, -0.2) is 0 Å². The van der Waals surface area contributed by atoms with Crippen molar-refractivity contribution in [2.45, 2.75) is 51.2 Å². The molecule has 2 amide bonds. The van der Waals surface area contributed by atoms with Gasteiger partial charge in [-0.2, -0.15) is 0 Å². The van der Waals surface area contributed by atoms with Crippen LogP contribution in [0.2, 0.25) is 0 Å². The van der Waals surface area contributed by atoms with E-state index in [1.807, 2.05) is 6.07 Å². The molecule has 1 aromatic carbocycles. The number of nitrogens with one attached hydrogen (secondary N) is 1. The highest BCUT2D eigenvalue weighted by Crippen LogP contribution is 2.25. The largest absolute Gasteiger partial charge is 0.350 e. The number of hydrogen-bond donors (Lipinski definition) is 1. The number of likely N-dealkylation sites (tertiary alicyclic amines) is 2. The normalized spacial score (nSPS) is 25.7. The lowest BCUT2D eigenvalue weighted by Crippen LogP contribution is -2.49. The minimum atomic E-state index is -0.275. The summed E-state index contributed by atoms with van der Waals surface area (Å²) in [5, 5.41) is 3.17. The van der Waals surface area contributed by atoms with Gasteiger partial charge in [0.05, 0.1) is 0 Å². The third kappa shape index (κ3) is 3.61. The molecule has 0 unspecified atom stereocenters. The molecule has 24 heavy (non-hydrogen) atoms. The number of carbonyl (C=O) groups is 2. The molecule has 0 spiro atoms. The number of rotatable bonds is 4. The second-order valence-electron chi connectivity index (χ2n) is 6.95. The number of nitrogens with zero attached hydrogens (tertiary/aromatic N) is 2. The van der Waals surface area contributed by atoms with Crippen LogP contribution in [-0.2, 0) is 9.59 Å². The van der Waals surface area contributed by atoms with E-state index in [2.05, 4.69) is 41.4 Å². The minimum Gasteiger partial charge on any atom is -0.350 e. The molecule has 1 N–H and O–H groups in total. The second-order valence-corrected chi connectivity index (χ2v) is 6.95. The van der Waals surface area contributed by atoms with Gasteiger partial charge >= 0.3 is 0 Å². The van der Waals surface area contributed by atoms with Gasteiger partial charge in [0.1, 0.15) is 6.04 Å². The van der Waals surface area contributed by atoms with Gasteiger partial charge in [-0.05, 0) is 31.7 Å². The molecule has 2 saturated heterocycles. The summed E-state index contributed by atoms with van der Waals surface area (Å²) in [4.78, 5) is 28.3. The van der Waals surface area contributed by atoms with Crippen LogP contribution in [0.5, 0.6) is 0 Å². The zero-order chi connectivity index (χ0) is 17.1. The van der Waals surface area contributed by atoms with Crippen molar-refractivity contribution in [2.75, 3.05) is 19.6 Å². The molecule has 0 bridgehead atoms. The average molecular weight is 329 g/mol. The quantitative estimate of drug-likeness (QED) is 0.918. The van der Waals surface area contributed by atoms with E-state index < -0.39 is 0 Å². The van der Waals surface area contributed by atoms with Crippen molar-refractivity contribution in [1.29, 1.82) is 0 Å². The van der Waals surface area contributed by atoms with Crippen LogP contribution < -0.4 is 5.32 Å². The Morgan fingerprint density at radius 3 is 2.62 bits per heavy atom. The predicted octanol–water partition coefficient (Wildman–Crippen LogP) is 1.95. The van der Waals surface area contributed by atoms with Crippen LogP contribution >= 0.6 is 0 Å². The molecule has 2 fully saturated rings. The van der Waals surface area contributed by atoms with Crippen LogP contribution in [-0.4, -0.2) is 53.3 Å². The van der Waals surface area contributed by atoms with Crippen molar-refractivity contribution in [3.05, 3.63) is 35.9 Å². The lowest BCUT2D eigenvalue weighted by atomic mass is 10.1. The molecule has 5 heteroatoms. The van der Waals surface area contributed by atoms with Crippen molar-refractivity contribution >= 4 is 11.8 Å². The van der Waals surface area contributed by atoms with Gasteiger partial charge in [-0.1, -0.05) is 30.3 Å². The molecule has 130 valence electrons. The van der Waals surface area contributed by atoms with E-state index in [0.717, 1.165) is 32.4 Å². The molecule has 5 nitrogen and oxygen atoms in total. The molecule has 0 saturated carbocycles. The maximum Gasteiger partial charge on any atom is 0.243 e. The van der Waals surface area contributed by atoms with Crippen LogP contribution in [0.25, 0.3) is 0 Å². The molecule has 3 atom stereocenters. The molecule has 3 rings (SSSR count). The first-order chi connectivity index (χ1) is 11.6. The van der Waals surface area contributed by atoms with Crippen molar-refractivity contribution in [3.8, 4) is 0 Å². The van der Waals surface area contributed by atoms with Gasteiger partial charge in [0.25, 0.3) is 0 Å². The van der Waals surface area contributed by atoms with E-state index in [0.29, 0.717) is 12.6 Å². The summed E-state index contributed by atoms with van der Waals surface area (Å²) >= 11 is 0. The summed E-state index contributed by atoms with van der Waals surface area (Å²) in [6, 6.07) is 10.7. The minimum absolute atomic E-state index is 0.00148. The Labute approximate surface area is 144 Å². The molecule has 0 aliphatic carbocycles. The fraction of sp³-hybridized carbons (Fsp3) is 0.579. The smallest absolute Gasteiger partial charge is 0.243 e. The molecule has 2 aliphatic heterocycles. The van der Waals surface area contributed by atoms with Crippen LogP contribution in [0.1, 0.15) is 44.7 Å². The highest BCUT2D eigenvalue weighted by molar-refractivity contribution is 5.87. The Balaban J connectivity index is 1.54. The van der Waals surface area contributed by atoms with Crippen LogP contribution in [0, 0.1) is 0 Å². The fourth-order valence-electron chi connectivity index (χ4n) is 3.91. The lowest BCUT2D eigenvalue weighted by molar-refractivity contribution is -0.137. The maximum atomic E-state index is 12.5. The fourth-order valence-corrected chi connectivity index (χ4v) is 3.91. The molecule has 2 aliphatic rings. The summed E-state index contributed by atoms with van der Waals surface area (Å²) in [6.07, 6.45) is 2.66. The standard InChI is InChI=1S/C19H27N3O2/c1-14(16-7-4-3-5-8-16)21-12-10-17(13-21)20-19(24)18-9-6-11-22(18)15(2)23/h3-5,7-8,14,17-18H,6,9-13H2,1-2H3,(H,20,24)/t14-,17-,18+/m0/s1. The number of amides is 2. The first-order valence-corrected chi connectivity index (χ1v) is 8.93. The Hall–Kier alpha value is -1.88. The molecular weight excluding hydrogens is 302 g/mol. The van der Waals surface area contributed by atoms with Gasteiger partial charge in [-0.3, -0.25) is 14.5 Å². The van der Waals surface area contributed by atoms with E-state index in [4.69, 9.17) is 0 Å². The number of carbonyl (C=O) groups excluding carboxylic acids is 2. The Bertz CT molecular complexity index is 590. The van der Waals surface area contributed by atoms with Crippen molar-refractivity contribution in [2.24, 2.45) is 0 Å². The van der Waals surface area contributed by atoms with E-state index in [-0.39, 0.29) is 23.9 Å². The summed E-state index contributed by atoms with van der Waals surface area (Å²) in [6.45, 7) is 6.32. The summed E-state index contributed by atoms with van der Waals surface area (Å²) in [5.41, 5.74) is 1.31. The summed E-state index contributed by atoms with van der Waals surface area (Å²) in [5.74, 6) is 0.0142. The van der Waals surface area contributed by atoms with Crippen molar-refractivity contribution in [3.63, 3.8) is 0 Å². The first kappa shape index (κ1) is 17.0. The van der Waals surface area contributed by atoms with Crippen LogP contribution in [0.3, 0.4) is 0 Å². The molecular formula is C19H27N3O2. The van der Waals surface area contributed by atoms with E-state index in [1.54, 1.807) is 11.8 Å². The SMILES string of the molecule is CC(=O)N1CCC[C@@H]1C(=O)N[C@H]1CCN([C@@H](C)c2ccccc2)C1. The Kier molecular flexibility index (Phi) is 5.19. The molecule has 0 aromatic heterocycles. The number of benzene rings is 1. The number of hydrogen-bond acceptors (Lipinski definition) is 3. The highest BCUT2D eigenvalue weighted by atomic mass is 16.2. The third-order valence-corrected chi connectivity index (χ3v) is 5.36. The lowest BCUT2D eigenvalue weighted by Gasteiger charge is -2.26. The van der Waals surface area contributed by atoms with Crippen LogP contribution in [0.4, 0.5) is 0 Å². The van der Waals surface area contributed by atoms with Gasteiger partial charge < -0.3 is 10.2 Å². The predicted molar refractivity (Wildman–Crippen MR) is 93.4 cm³/mol. The van der Waals surface area contributed by atoms with Gasteiger partial charge in [0.2, 0.25) is 11.8 Å². The molecule has 1 aromatic rings. The first-order valence-electron chi connectivity index (χ1n) is 8.93. The second kappa shape index (κ2) is 7.34. The van der Waals surface area contributed by atoms with Gasteiger partial charge in [0, 0.05) is 38.6 Å². The average Bonchev–Trinajstić information content (AvgIpc) is 3.24. The molecule has 0 radical (unpaired) electrons. The zero-order valence-electron chi connectivity index (χ0n) is 14.6. The monoisotopic (exact) mass is 329 g/mol. The van der Waals surface area contributed by atoms with Crippen LogP contribution in [0.15, 0.2) is 30.3 Å². The summed E-state index contributed by atoms with van der Waals surface area (Å²) < 4.78 is 0. The van der Waals surface area contributed by atoms with E-state index in [1.165, 1.54) is 5.56 Å². The highest BCUT2D eigenvalue weighted by Gasteiger charge is 2.35. The van der Waals surface area contributed by atoms with E-state index >= 15 is 0 Å². The van der Waals surface area contributed by atoms with Gasteiger partial charge in [-0.15, -0.1) is 0 Å². The van der Waals surface area contributed by atoms with Gasteiger partial charge in [0.15, 0.2) is 0 Å². The Morgan fingerprint density at radius 1 is 1.17 bits per heavy atom. The zero-order valence-corrected chi connectivity index (χ0v) is 14.6. The topological polar surface area (TPSA) is 52.7 Å².